The van der Waals surface area contributed by atoms with Crippen LogP contribution in [-0.2, 0) is 6.54 Å². The van der Waals surface area contributed by atoms with Crippen molar-refractivity contribution in [1.82, 2.24) is 15.1 Å². The smallest absolute Gasteiger partial charge is 0.0758 e. The number of nitrogens with one attached hydrogen (secondary N) is 1. The zero-order chi connectivity index (χ0) is 14.5. The summed E-state index contributed by atoms with van der Waals surface area (Å²) in [5.41, 5.74) is 2.40. The highest BCUT2D eigenvalue weighted by Gasteiger charge is 2.19. The average Bonchev–Trinajstić information content (AvgIpc) is 2.88. The van der Waals surface area contributed by atoms with Crippen LogP contribution in [0, 0.1) is 3.57 Å². The first-order valence-corrected chi connectivity index (χ1v) is 8.33. The zero-order valence-corrected chi connectivity index (χ0v) is 14.6. The van der Waals surface area contributed by atoms with Gasteiger partial charge in [0.05, 0.1) is 11.7 Å². The summed E-state index contributed by atoms with van der Waals surface area (Å²) in [5.74, 6) is 0. The van der Waals surface area contributed by atoms with Gasteiger partial charge in [0.1, 0.15) is 0 Å². The van der Waals surface area contributed by atoms with E-state index in [0.29, 0.717) is 0 Å². The number of hydrogen-bond donors (Lipinski definition) is 1. The van der Waals surface area contributed by atoms with E-state index in [4.69, 9.17) is 11.6 Å². The Balaban J connectivity index is 2.44. The minimum atomic E-state index is 0.125. The lowest BCUT2D eigenvalue weighted by molar-refractivity contribution is 0.519. The summed E-state index contributed by atoms with van der Waals surface area (Å²) in [4.78, 5) is 0. The third kappa shape index (κ3) is 3.54. The van der Waals surface area contributed by atoms with Gasteiger partial charge in [-0.2, -0.15) is 5.10 Å². The van der Waals surface area contributed by atoms with Crippen molar-refractivity contribution < 1.29 is 0 Å². The van der Waals surface area contributed by atoms with E-state index in [-0.39, 0.29) is 6.04 Å². The van der Waals surface area contributed by atoms with Crippen LogP contribution >= 0.6 is 34.2 Å². The predicted octanol–water partition coefficient (Wildman–Crippen LogP) is 4.25. The molecule has 20 heavy (non-hydrogen) atoms. The lowest BCUT2D eigenvalue weighted by Gasteiger charge is -2.21. The van der Waals surface area contributed by atoms with Crippen molar-refractivity contribution in [3.8, 4) is 0 Å². The van der Waals surface area contributed by atoms with Gasteiger partial charge >= 0.3 is 0 Å². The molecule has 3 nitrogen and oxygen atoms in total. The summed E-state index contributed by atoms with van der Waals surface area (Å²) in [6, 6.07) is 8.24. The van der Waals surface area contributed by atoms with Gasteiger partial charge in [-0.15, -0.1) is 0 Å². The molecule has 1 atom stereocenters. The third-order valence-electron chi connectivity index (χ3n) is 3.16. The maximum Gasteiger partial charge on any atom is 0.0758 e. The maximum atomic E-state index is 6.17. The van der Waals surface area contributed by atoms with Gasteiger partial charge in [-0.3, -0.25) is 4.68 Å². The van der Waals surface area contributed by atoms with Gasteiger partial charge in [-0.25, -0.2) is 0 Å². The van der Waals surface area contributed by atoms with Gasteiger partial charge in [0.2, 0.25) is 0 Å². The minimum Gasteiger partial charge on any atom is -0.305 e. The number of halogens is 2. The van der Waals surface area contributed by atoms with Crippen LogP contribution in [0.25, 0.3) is 0 Å². The number of rotatable bonds is 6. The van der Waals surface area contributed by atoms with Crippen LogP contribution < -0.4 is 5.32 Å². The maximum absolute atomic E-state index is 6.17. The molecule has 0 fully saturated rings. The highest BCUT2D eigenvalue weighted by molar-refractivity contribution is 14.1. The summed E-state index contributed by atoms with van der Waals surface area (Å²) >= 11 is 8.53. The molecule has 0 bridgehead atoms. The lowest BCUT2D eigenvalue weighted by Crippen LogP contribution is -2.25. The SMILES string of the molecule is CCCn1nccc1C(NCC)c1cc(Cl)ccc1I. The normalized spacial score (nSPS) is 12.6. The van der Waals surface area contributed by atoms with Gasteiger partial charge in [-0.1, -0.05) is 25.4 Å². The molecule has 0 aliphatic carbocycles. The van der Waals surface area contributed by atoms with Crippen molar-refractivity contribution in [1.29, 1.82) is 0 Å². The molecule has 0 spiro atoms. The zero-order valence-electron chi connectivity index (χ0n) is 11.7. The summed E-state index contributed by atoms with van der Waals surface area (Å²) in [7, 11) is 0. The number of hydrogen-bond acceptors (Lipinski definition) is 2. The van der Waals surface area contributed by atoms with E-state index in [1.807, 2.05) is 18.3 Å². The van der Waals surface area contributed by atoms with E-state index >= 15 is 0 Å². The molecule has 1 unspecified atom stereocenters. The van der Waals surface area contributed by atoms with Crippen LogP contribution in [0.1, 0.15) is 37.6 Å². The Hall–Kier alpha value is -0.590. The van der Waals surface area contributed by atoms with E-state index in [2.05, 4.69) is 63.7 Å². The summed E-state index contributed by atoms with van der Waals surface area (Å²) < 4.78 is 3.28. The molecule has 2 aromatic rings. The molecule has 108 valence electrons. The molecule has 0 aliphatic rings. The molecule has 0 aliphatic heterocycles. The molecule has 1 heterocycles. The van der Waals surface area contributed by atoms with E-state index in [9.17, 15) is 0 Å². The topological polar surface area (TPSA) is 29.9 Å². The fraction of sp³-hybridized carbons (Fsp3) is 0.400. The Labute approximate surface area is 138 Å². The second-order valence-corrected chi connectivity index (χ2v) is 6.23. The van der Waals surface area contributed by atoms with Crippen molar-refractivity contribution in [3.05, 3.63) is 50.3 Å². The van der Waals surface area contributed by atoms with E-state index in [0.717, 1.165) is 24.5 Å². The summed E-state index contributed by atoms with van der Waals surface area (Å²) in [6.07, 6.45) is 2.94. The largest absolute Gasteiger partial charge is 0.305 e. The standard InChI is InChI=1S/C15H19ClIN3/c1-3-9-20-14(7-8-19-20)15(18-4-2)12-10-11(16)5-6-13(12)17/h5-8,10,15,18H,3-4,9H2,1-2H3. The third-order valence-corrected chi connectivity index (χ3v) is 4.38. The van der Waals surface area contributed by atoms with E-state index in [1.165, 1.54) is 14.8 Å². The van der Waals surface area contributed by atoms with Gasteiger partial charge in [-0.05, 0) is 65.4 Å². The number of nitrogens with zero attached hydrogens (tertiary/aromatic N) is 2. The van der Waals surface area contributed by atoms with Crippen LogP contribution in [0.2, 0.25) is 5.02 Å². The van der Waals surface area contributed by atoms with Crippen LogP contribution in [0.3, 0.4) is 0 Å². The van der Waals surface area contributed by atoms with Crippen molar-refractivity contribution in [2.24, 2.45) is 0 Å². The molecule has 2 rings (SSSR count). The molecule has 5 heteroatoms. The average molecular weight is 404 g/mol. The lowest BCUT2D eigenvalue weighted by atomic mass is 10.0. The number of aromatic nitrogens is 2. The Bertz CT molecular complexity index is 568. The second-order valence-electron chi connectivity index (χ2n) is 4.64. The van der Waals surface area contributed by atoms with Crippen molar-refractivity contribution in [2.75, 3.05) is 6.54 Å². The van der Waals surface area contributed by atoms with Gasteiger partial charge < -0.3 is 5.32 Å². The fourth-order valence-electron chi connectivity index (χ4n) is 2.30. The van der Waals surface area contributed by atoms with E-state index in [1.54, 1.807) is 0 Å². The quantitative estimate of drug-likeness (QED) is 0.731. The first-order chi connectivity index (χ1) is 9.67. The first-order valence-electron chi connectivity index (χ1n) is 6.87. The van der Waals surface area contributed by atoms with Crippen LogP contribution in [0.15, 0.2) is 30.5 Å². The molecule has 0 saturated heterocycles. The van der Waals surface area contributed by atoms with Crippen molar-refractivity contribution >= 4 is 34.2 Å². The molecule has 1 N–H and O–H groups in total. The van der Waals surface area contributed by atoms with E-state index < -0.39 is 0 Å². The molecule has 0 saturated carbocycles. The molecule has 0 amide bonds. The summed E-state index contributed by atoms with van der Waals surface area (Å²) in [5, 5.41) is 8.74. The Morgan fingerprint density at radius 2 is 2.15 bits per heavy atom. The molecular weight excluding hydrogens is 385 g/mol. The van der Waals surface area contributed by atoms with Crippen molar-refractivity contribution in [3.63, 3.8) is 0 Å². The number of benzene rings is 1. The molecule has 0 radical (unpaired) electrons. The highest BCUT2D eigenvalue weighted by Crippen LogP contribution is 2.28. The molecule has 1 aromatic heterocycles. The van der Waals surface area contributed by atoms with Crippen LogP contribution in [-0.4, -0.2) is 16.3 Å². The van der Waals surface area contributed by atoms with Crippen molar-refractivity contribution in [2.45, 2.75) is 32.9 Å². The minimum absolute atomic E-state index is 0.125. The summed E-state index contributed by atoms with van der Waals surface area (Å²) in [6.45, 7) is 6.10. The Morgan fingerprint density at radius 1 is 1.35 bits per heavy atom. The Morgan fingerprint density at radius 3 is 2.85 bits per heavy atom. The van der Waals surface area contributed by atoms with Crippen LogP contribution in [0.5, 0.6) is 0 Å². The monoisotopic (exact) mass is 403 g/mol. The predicted molar refractivity (Wildman–Crippen MR) is 92.2 cm³/mol. The number of aryl methyl sites for hydroxylation is 1. The highest BCUT2D eigenvalue weighted by atomic mass is 127. The van der Waals surface area contributed by atoms with Gasteiger partial charge in [0.25, 0.3) is 0 Å². The van der Waals surface area contributed by atoms with Crippen LogP contribution in [0.4, 0.5) is 0 Å². The molecular formula is C15H19ClIN3. The Kier molecular flexibility index (Phi) is 5.86. The van der Waals surface area contributed by atoms with Gasteiger partial charge in [0, 0.05) is 21.3 Å². The van der Waals surface area contributed by atoms with Gasteiger partial charge in [0.15, 0.2) is 0 Å². The first kappa shape index (κ1) is 15.8. The molecule has 1 aromatic carbocycles. The fourth-order valence-corrected chi connectivity index (χ4v) is 3.13. The second kappa shape index (κ2) is 7.43.